The summed E-state index contributed by atoms with van der Waals surface area (Å²) in [4.78, 5) is 34.7. The monoisotopic (exact) mass is 314 g/mol. The maximum Gasteiger partial charge on any atom is 0.407 e. The number of ether oxygens (including phenoxy) is 1. The first-order valence-electron chi connectivity index (χ1n) is 8.31. The summed E-state index contributed by atoms with van der Waals surface area (Å²) < 4.78 is 4.94. The van der Waals surface area contributed by atoms with Crippen molar-refractivity contribution < 1.29 is 19.1 Å². The molecule has 0 aliphatic rings. The Kier molecular flexibility index (Phi) is 13.3. The van der Waals surface area contributed by atoms with Gasteiger partial charge in [-0.3, -0.25) is 14.5 Å². The van der Waals surface area contributed by atoms with Crippen molar-refractivity contribution in [3.05, 3.63) is 0 Å². The highest BCUT2D eigenvalue weighted by Gasteiger charge is 2.11. The summed E-state index contributed by atoms with van der Waals surface area (Å²) in [5.74, 6) is -0.242. The predicted molar refractivity (Wildman–Crippen MR) is 85.4 cm³/mol. The first-order valence-corrected chi connectivity index (χ1v) is 8.31. The topological polar surface area (TPSA) is 75.7 Å². The summed E-state index contributed by atoms with van der Waals surface area (Å²) in [6.07, 6.45) is 7.96. The van der Waals surface area contributed by atoms with Gasteiger partial charge in [0.1, 0.15) is 6.61 Å². The lowest BCUT2D eigenvalue weighted by Gasteiger charge is -2.15. The maximum absolute atomic E-state index is 11.5. The van der Waals surface area contributed by atoms with Crippen molar-refractivity contribution >= 4 is 18.4 Å². The fraction of sp³-hybridized carbons (Fsp3) is 0.812. The van der Waals surface area contributed by atoms with Crippen LogP contribution in [0.15, 0.2) is 0 Å². The Hall–Kier alpha value is -1.59. The molecule has 0 saturated heterocycles. The molecule has 0 spiro atoms. The van der Waals surface area contributed by atoms with Crippen LogP contribution in [0, 0.1) is 0 Å². The Labute approximate surface area is 133 Å². The van der Waals surface area contributed by atoms with E-state index < -0.39 is 6.09 Å². The van der Waals surface area contributed by atoms with Gasteiger partial charge < -0.3 is 10.1 Å². The largest absolute Gasteiger partial charge is 0.448 e. The molecule has 3 amide bonds. The molecule has 0 saturated carbocycles. The first kappa shape index (κ1) is 20.4. The molecule has 128 valence electrons. The molecule has 0 heterocycles. The number of rotatable bonds is 13. The molecule has 0 fully saturated rings. The zero-order valence-electron chi connectivity index (χ0n) is 13.9. The average Bonchev–Trinajstić information content (AvgIpc) is 2.51. The number of carbonyl (C=O) groups excluding carboxylic acids is 3. The number of carbonyl (C=O) groups is 3. The highest BCUT2D eigenvalue weighted by atomic mass is 16.5. The number of imide groups is 1. The summed E-state index contributed by atoms with van der Waals surface area (Å²) >= 11 is 0. The molecular weight excluding hydrogens is 284 g/mol. The molecule has 0 aromatic carbocycles. The minimum atomic E-state index is -0.498. The van der Waals surface area contributed by atoms with E-state index in [-0.39, 0.29) is 19.1 Å². The van der Waals surface area contributed by atoms with Crippen molar-refractivity contribution in [3.8, 4) is 0 Å². The number of amides is 3. The molecule has 6 heteroatoms. The highest BCUT2D eigenvalue weighted by Crippen LogP contribution is 2.04. The van der Waals surface area contributed by atoms with Crippen LogP contribution in [0.3, 0.4) is 0 Å². The summed E-state index contributed by atoms with van der Waals surface area (Å²) in [6, 6.07) is 0. The molecule has 0 radical (unpaired) electrons. The van der Waals surface area contributed by atoms with Crippen LogP contribution in [0.5, 0.6) is 0 Å². The van der Waals surface area contributed by atoms with Crippen molar-refractivity contribution in [1.29, 1.82) is 0 Å². The van der Waals surface area contributed by atoms with Crippen molar-refractivity contribution in [1.82, 2.24) is 10.2 Å². The molecule has 0 rings (SSSR count). The zero-order valence-corrected chi connectivity index (χ0v) is 13.9. The molecule has 0 aliphatic carbocycles. The van der Waals surface area contributed by atoms with Gasteiger partial charge in [0.2, 0.25) is 12.3 Å². The van der Waals surface area contributed by atoms with Gasteiger partial charge in [-0.1, -0.05) is 46.0 Å². The van der Waals surface area contributed by atoms with E-state index in [0.717, 1.165) is 17.7 Å². The quantitative estimate of drug-likeness (QED) is 0.419. The Morgan fingerprint density at radius 3 is 2.36 bits per heavy atom. The van der Waals surface area contributed by atoms with Crippen LogP contribution < -0.4 is 5.32 Å². The maximum atomic E-state index is 11.5. The van der Waals surface area contributed by atoms with Gasteiger partial charge in [0.25, 0.3) is 0 Å². The van der Waals surface area contributed by atoms with Crippen LogP contribution in [0.2, 0.25) is 0 Å². The van der Waals surface area contributed by atoms with Gasteiger partial charge in [-0.05, 0) is 12.8 Å². The molecule has 0 atom stereocenters. The van der Waals surface area contributed by atoms with Crippen molar-refractivity contribution in [2.24, 2.45) is 0 Å². The van der Waals surface area contributed by atoms with Crippen LogP contribution >= 0.6 is 0 Å². The molecule has 0 bridgehead atoms. The highest BCUT2D eigenvalue weighted by molar-refractivity contribution is 5.86. The zero-order chi connectivity index (χ0) is 16.6. The van der Waals surface area contributed by atoms with Crippen molar-refractivity contribution in [2.45, 2.75) is 65.2 Å². The van der Waals surface area contributed by atoms with Gasteiger partial charge in [-0.25, -0.2) is 4.79 Å². The molecule has 0 aromatic rings. The first-order chi connectivity index (χ1) is 10.7. The van der Waals surface area contributed by atoms with E-state index in [1.807, 2.05) is 6.92 Å². The Bertz CT molecular complexity index is 321. The lowest BCUT2D eigenvalue weighted by Crippen LogP contribution is -2.34. The summed E-state index contributed by atoms with van der Waals surface area (Å²) in [7, 11) is 0. The second-order valence-electron chi connectivity index (χ2n) is 5.27. The van der Waals surface area contributed by atoms with Gasteiger partial charge in [0.15, 0.2) is 0 Å². The standard InChI is InChI=1S/C16H30N2O4/c1-3-5-6-7-8-9-11-17-16(21)22-13-12-18(14-19)15(20)10-4-2/h14H,3-13H2,1-2H3,(H,17,21). The van der Waals surface area contributed by atoms with Gasteiger partial charge in [0, 0.05) is 13.0 Å². The smallest absolute Gasteiger partial charge is 0.407 e. The Morgan fingerprint density at radius 1 is 1.05 bits per heavy atom. The normalized spacial score (nSPS) is 10.1. The van der Waals surface area contributed by atoms with E-state index in [9.17, 15) is 14.4 Å². The lowest BCUT2D eigenvalue weighted by molar-refractivity contribution is -0.138. The minimum absolute atomic E-state index is 0.0243. The number of hydrogen-bond donors (Lipinski definition) is 1. The van der Waals surface area contributed by atoms with Crippen LogP contribution in [-0.4, -0.2) is 43.0 Å². The van der Waals surface area contributed by atoms with Gasteiger partial charge >= 0.3 is 6.09 Å². The third-order valence-electron chi connectivity index (χ3n) is 3.28. The van der Waals surface area contributed by atoms with Crippen LogP contribution in [-0.2, 0) is 14.3 Å². The van der Waals surface area contributed by atoms with Gasteiger partial charge in [-0.2, -0.15) is 0 Å². The van der Waals surface area contributed by atoms with Crippen molar-refractivity contribution in [2.75, 3.05) is 19.7 Å². The van der Waals surface area contributed by atoms with E-state index in [0.29, 0.717) is 25.8 Å². The molecule has 22 heavy (non-hydrogen) atoms. The van der Waals surface area contributed by atoms with Crippen LogP contribution in [0.4, 0.5) is 4.79 Å². The summed E-state index contributed by atoms with van der Waals surface area (Å²) in [5, 5.41) is 2.67. The Balaban J connectivity index is 3.59. The number of alkyl carbamates (subject to hydrolysis) is 1. The van der Waals surface area contributed by atoms with Crippen molar-refractivity contribution in [3.63, 3.8) is 0 Å². The van der Waals surface area contributed by atoms with Crippen LogP contribution in [0.25, 0.3) is 0 Å². The van der Waals surface area contributed by atoms with E-state index in [1.54, 1.807) is 0 Å². The van der Waals surface area contributed by atoms with Gasteiger partial charge in [-0.15, -0.1) is 0 Å². The summed E-state index contributed by atoms with van der Waals surface area (Å²) in [6.45, 7) is 4.77. The lowest BCUT2D eigenvalue weighted by atomic mass is 10.1. The molecule has 0 aliphatic heterocycles. The molecule has 0 unspecified atom stereocenters. The van der Waals surface area contributed by atoms with E-state index in [1.165, 1.54) is 25.7 Å². The third kappa shape index (κ3) is 11.1. The molecule has 6 nitrogen and oxygen atoms in total. The van der Waals surface area contributed by atoms with E-state index in [4.69, 9.17) is 4.74 Å². The fourth-order valence-corrected chi connectivity index (χ4v) is 1.98. The second-order valence-corrected chi connectivity index (χ2v) is 5.27. The summed E-state index contributed by atoms with van der Waals surface area (Å²) in [5.41, 5.74) is 0. The number of hydrogen-bond acceptors (Lipinski definition) is 4. The molecule has 0 aromatic heterocycles. The SMILES string of the molecule is CCCCCCCCNC(=O)OCCN(C=O)C(=O)CCC. The fourth-order valence-electron chi connectivity index (χ4n) is 1.98. The molecule has 1 N–H and O–H groups in total. The minimum Gasteiger partial charge on any atom is -0.448 e. The Morgan fingerprint density at radius 2 is 1.73 bits per heavy atom. The average molecular weight is 314 g/mol. The van der Waals surface area contributed by atoms with E-state index in [2.05, 4.69) is 12.2 Å². The number of nitrogens with zero attached hydrogens (tertiary/aromatic N) is 1. The van der Waals surface area contributed by atoms with Crippen LogP contribution in [0.1, 0.15) is 65.2 Å². The number of nitrogens with one attached hydrogen (secondary N) is 1. The predicted octanol–water partition coefficient (Wildman–Crippen LogP) is 2.86. The van der Waals surface area contributed by atoms with E-state index >= 15 is 0 Å². The second kappa shape index (κ2) is 14.4. The molecular formula is C16H30N2O4. The third-order valence-corrected chi connectivity index (χ3v) is 3.28. The number of unbranched alkanes of at least 4 members (excludes halogenated alkanes) is 5. The van der Waals surface area contributed by atoms with Gasteiger partial charge in [0.05, 0.1) is 6.54 Å².